The molecule has 0 spiro atoms. The van der Waals surface area contributed by atoms with Gasteiger partial charge < -0.3 is 10.2 Å². The highest BCUT2D eigenvalue weighted by Crippen LogP contribution is 2.33. The highest BCUT2D eigenvalue weighted by molar-refractivity contribution is 5.89. The molecule has 25 heavy (non-hydrogen) atoms. The first-order valence-electron chi connectivity index (χ1n) is 9.66. The molecule has 0 bridgehead atoms. The molecule has 2 fully saturated rings. The number of likely N-dealkylation sites (tertiary alicyclic amines) is 1. The van der Waals surface area contributed by atoms with E-state index in [0.29, 0.717) is 24.8 Å². The molecule has 0 aromatic heterocycles. The first-order valence-corrected chi connectivity index (χ1v) is 9.66. The summed E-state index contributed by atoms with van der Waals surface area (Å²) in [6.45, 7) is 5.55. The third kappa shape index (κ3) is 4.62. The molecule has 1 aromatic carbocycles. The lowest BCUT2D eigenvalue weighted by atomic mass is 9.81. The maximum Gasteiger partial charge on any atom is 0.225 e. The minimum absolute atomic E-state index is 0.0720. The molecule has 1 aliphatic heterocycles. The molecule has 1 atom stereocenters. The lowest BCUT2D eigenvalue weighted by Gasteiger charge is -2.30. The van der Waals surface area contributed by atoms with Gasteiger partial charge in [-0.1, -0.05) is 44.2 Å². The Morgan fingerprint density at radius 1 is 1.16 bits per heavy atom. The van der Waals surface area contributed by atoms with E-state index in [1.807, 2.05) is 4.90 Å². The highest BCUT2D eigenvalue weighted by atomic mass is 16.2. The van der Waals surface area contributed by atoms with Crippen molar-refractivity contribution in [3.8, 4) is 0 Å². The van der Waals surface area contributed by atoms with Gasteiger partial charge in [0, 0.05) is 25.6 Å². The van der Waals surface area contributed by atoms with E-state index in [1.54, 1.807) is 0 Å². The lowest BCUT2D eigenvalue weighted by molar-refractivity contribution is -0.129. The number of benzene rings is 1. The predicted molar refractivity (Wildman–Crippen MR) is 99.1 cm³/mol. The van der Waals surface area contributed by atoms with Gasteiger partial charge >= 0.3 is 0 Å². The second-order valence-electron chi connectivity index (χ2n) is 8.06. The van der Waals surface area contributed by atoms with Crippen LogP contribution in [0.15, 0.2) is 30.3 Å². The normalized spacial score (nSPS) is 26.9. The predicted octanol–water partition coefficient (Wildman–Crippen LogP) is 3.33. The number of hydrogen-bond donors (Lipinski definition) is 1. The van der Waals surface area contributed by atoms with Gasteiger partial charge in [0.25, 0.3) is 0 Å². The molecule has 1 saturated heterocycles. The van der Waals surface area contributed by atoms with Gasteiger partial charge in [-0.25, -0.2) is 0 Å². The van der Waals surface area contributed by atoms with Crippen molar-refractivity contribution in [1.29, 1.82) is 0 Å². The number of carbonyl (C=O) groups excluding carboxylic acids is 2. The third-order valence-corrected chi connectivity index (χ3v) is 5.52. The Kier molecular flexibility index (Phi) is 5.77. The Hall–Kier alpha value is -1.84. The van der Waals surface area contributed by atoms with Crippen molar-refractivity contribution >= 4 is 11.8 Å². The fraction of sp³-hybridized carbons (Fsp3) is 0.619. The van der Waals surface area contributed by atoms with Crippen molar-refractivity contribution in [3.63, 3.8) is 0 Å². The molecule has 1 aromatic rings. The molecule has 0 unspecified atom stereocenters. The van der Waals surface area contributed by atoms with Crippen molar-refractivity contribution in [3.05, 3.63) is 35.9 Å². The van der Waals surface area contributed by atoms with Crippen molar-refractivity contribution in [2.75, 3.05) is 13.1 Å². The van der Waals surface area contributed by atoms with Crippen molar-refractivity contribution in [2.24, 2.45) is 11.8 Å². The number of amides is 2. The average Bonchev–Trinajstić information content (AvgIpc) is 2.96. The molecule has 1 N–H and O–H groups in total. The topological polar surface area (TPSA) is 49.4 Å². The highest BCUT2D eigenvalue weighted by Gasteiger charge is 2.35. The molecule has 1 heterocycles. The van der Waals surface area contributed by atoms with Crippen LogP contribution >= 0.6 is 0 Å². The molecule has 4 heteroatoms. The standard InChI is InChI=1S/C21H30N2O2/c1-15(2)13-23-14-18(12-20(23)24)21(25)22-19-10-8-17(9-11-19)16-6-4-3-5-7-16/h3-7,15,17-19H,8-14H2,1-2H3,(H,22,25)/t17?,18-,19?/m0/s1. The van der Waals surface area contributed by atoms with Crippen molar-refractivity contribution in [1.82, 2.24) is 10.2 Å². The minimum Gasteiger partial charge on any atom is -0.353 e. The second kappa shape index (κ2) is 8.03. The Labute approximate surface area is 151 Å². The fourth-order valence-electron chi connectivity index (χ4n) is 4.18. The lowest BCUT2D eigenvalue weighted by Crippen LogP contribution is -2.41. The van der Waals surface area contributed by atoms with E-state index < -0.39 is 0 Å². The van der Waals surface area contributed by atoms with Crippen LogP contribution in [-0.4, -0.2) is 35.8 Å². The maximum atomic E-state index is 12.6. The first kappa shape index (κ1) is 18.0. The zero-order valence-electron chi connectivity index (χ0n) is 15.4. The van der Waals surface area contributed by atoms with E-state index in [1.165, 1.54) is 5.56 Å². The molecule has 0 radical (unpaired) electrons. The number of hydrogen-bond acceptors (Lipinski definition) is 2. The molecular weight excluding hydrogens is 312 g/mol. The molecular formula is C21H30N2O2. The molecule has 1 aliphatic carbocycles. The molecule has 136 valence electrons. The quantitative estimate of drug-likeness (QED) is 0.892. The van der Waals surface area contributed by atoms with Crippen LogP contribution in [0.5, 0.6) is 0 Å². The summed E-state index contributed by atoms with van der Waals surface area (Å²) in [4.78, 5) is 26.5. The monoisotopic (exact) mass is 342 g/mol. The summed E-state index contributed by atoms with van der Waals surface area (Å²) in [6, 6.07) is 10.9. The average molecular weight is 342 g/mol. The van der Waals surface area contributed by atoms with Gasteiger partial charge in [-0.2, -0.15) is 0 Å². The smallest absolute Gasteiger partial charge is 0.225 e. The number of rotatable bonds is 5. The van der Waals surface area contributed by atoms with Crippen molar-refractivity contribution < 1.29 is 9.59 Å². The molecule has 2 aliphatic rings. The first-order chi connectivity index (χ1) is 12.0. The summed E-state index contributed by atoms with van der Waals surface area (Å²) in [7, 11) is 0. The second-order valence-corrected chi connectivity index (χ2v) is 8.06. The van der Waals surface area contributed by atoms with Crippen LogP contribution in [0.4, 0.5) is 0 Å². The zero-order chi connectivity index (χ0) is 17.8. The van der Waals surface area contributed by atoms with E-state index >= 15 is 0 Å². The van der Waals surface area contributed by atoms with Crippen LogP contribution in [0.3, 0.4) is 0 Å². The summed E-state index contributed by atoms with van der Waals surface area (Å²) in [5.74, 6) is 1.09. The van der Waals surface area contributed by atoms with E-state index in [-0.39, 0.29) is 23.8 Å². The Balaban J connectivity index is 1.46. The van der Waals surface area contributed by atoms with Crippen molar-refractivity contribution in [2.45, 2.75) is 57.9 Å². The summed E-state index contributed by atoms with van der Waals surface area (Å²) in [5.41, 5.74) is 1.41. The van der Waals surface area contributed by atoms with Crippen LogP contribution < -0.4 is 5.32 Å². The summed E-state index contributed by atoms with van der Waals surface area (Å²) < 4.78 is 0. The third-order valence-electron chi connectivity index (χ3n) is 5.52. The van der Waals surface area contributed by atoms with Gasteiger partial charge in [-0.15, -0.1) is 0 Å². The van der Waals surface area contributed by atoms with Crippen LogP contribution in [0.1, 0.15) is 57.4 Å². The van der Waals surface area contributed by atoms with E-state index in [0.717, 1.165) is 32.2 Å². The number of nitrogens with one attached hydrogen (secondary N) is 1. The van der Waals surface area contributed by atoms with Crippen LogP contribution in [0.25, 0.3) is 0 Å². The van der Waals surface area contributed by atoms with Gasteiger partial charge in [0.05, 0.1) is 5.92 Å². The van der Waals surface area contributed by atoms with Crippen LogP contribution in [0, 0.1) is 11.8 Å². The van der Waals surface area contributed by atoms with Gasteiger partial charge in [-0.05, 0) is 43.1 Å². The number of carbonyl (C=O) groups is 2. The molecule has 1 saturated carbocycles. The Morgan fingerprint density at radius 2 is 1.84 bits per heavy atom. The van der Waals surface area contributed by atoms with Crippen LogP contribution in [0.2, 0.25) is 0 Å². The molecule has 2 amide bonds. The van der Waals surface area contributed by atoms with Gasteiger partial charge in [0.1, 0.15) is 0 Å². The Bertz CT molecular complexity index is 591. The SMILES string of the molecule is CC(C)CN1C[C@@H](C(=O)NC2CCC(c3ccccc3)CC2)CC1=O. The summed E-state index contributed by atoms with van der Waals surface area (Å²) >= 11 is 0. The summed E-state index contributed by atoms with van der Waals surface area (Å²) in [6.07, 6.45) is 4.68. The van der Waals surface area contributed by atoms with Gasteiger partial charge in [-0.3, -0.25) is 9.59 Å². The van der Waals surface area contributed by atoms with Gasteiger partial charge in [0.15, 0.2) is 0 Å². The van der Waals surface area contributed by atoms with Gasteiger partial charge in [0.2, 0.25) is 11.8 Å². The van der Waals surface area contributed by atoms with E-state index in [4.69, 9.17) is 0 Å². The fourth-order valence-corrected chi connectivity index (χ4v) is 4.18. The van der Waals surface area contributed by atoms with Crippen LogP contribution in [-0.2, 0) is 9.59 Å². The Morgan fingerprint density at radius 3 is 2.48 bits per heavy atom. The zero-order valence-corrected chi connectivity index (χ0v) is 15.4. The largest absolute Gasteiger partial charge is 0.353 e. The van der Waals surface area contributed by atoms with E-state index in [9.17, 15) is 9.59 Å². The molecule has 4 nitrogen and oxygen atoms in total. The number of nitrogens with zero attached hydrogens (tertiary/aromatic N) is 1. The summed E-state index contributed by atoms with van der Waals surface area (Å²) in [5, 5.41) is 3.21. The molecule has 3 rings (SSSR count). The maximum absolute atomic E-state index is 12.6. The minimum atomic E-state index is -0.168. The van der Waals surface area contributed by atoms with E-state index in [2.05, 4.69) is 49.5 Å².